The summed E-state index contributed by atoms with van der Waals surface area (Å²) in [6, 6.07) is 8.00. The summed E-state index contributed by atoms with van der Waals surface area (Å²) < 4.78 is 14.3. The number of likely N-dealkylation sites (N-methyl/N-ethyl adjacent to an activating group) is 1. The summed E-state index contributed by atoms with van der Waals surface area (Å²) in [5.74, 6) is -0.630. The van der Waals surface area contributed by atoms with Gasteiger partial charge in [-0.2, -0.15) is 0 Å². The van der Waals surface area contributed by atoms with Gasteiger partial charge < -0.3 is 25.1 Å². The molecule has 11 nitrogen and oxygen atoms in total. The third-order valence-corrected chi connectivity index (χ3v) is 5.72. The lowest BCUT2D eigenvalue weighted by atomic mass is 10.1. The molecule has 0 aliphatic carbocycles. The fraction of sp³-hybridized carbons (Fsp3) is 0.348. The van der Waals surface area contributed by atoms with Crippen LogP contribution in [-0.2, 0) is 32.2 Å². The minimum absolute atomic E-state index is 0.111. The van der Waals surface area contributed by atoms with E-state index in [0.717, 1.165) is 22.2 Å². The van der Waals surface area contributed by atoms with E-state index in [1.54, 1.807) is 4.68 Å². The lowest BCUT2D eigenvalue weighted by Gasteiger charge is -2.08. The van der Waals surface area contributed by atoms with E-state index < -0.39 is 5.91 Å². The third-order valence-electron chi connectivity index (χ3n) is 5.40. The summed E-state index contributed by atoms with van der Waals surface area (Å²) in [5, 5.41) is 12.9. The summed E-state index contributed by atoms with van der Waals surface area (Å²) in [7, 11) is 0. The second-order valence-corrected chi connectivity index (χ2v) is 8.26. The van der Waals surface area contributed by atoms with Crippen LogP contribution in [-0.4, -0.2) is 74.4 Å². The van der Waals surface area contributed by atoms with Crippen LogP contribution in [0.2, 0.25) is 0 Å². The van der Waals surface area contributed by atoms with Crippen LogP contribution in [0.1, 0.15) is 18.2 Å². The SMILES string of the molecule is CCN1C(=O)C(=Cc2cn(Cc3cn(CCOCCOCC(N)=O)nn3)c3ccccc23)NC1=S. The zero-order valence-electron chi connectivity index (χ0n) is 19.3. The van der Waals surface area contributed by atoms with Crippen molar-refractivity contribution in [2.45, 2.75) is 20.0 Å². The Morgan fingerprint density at radius 1 is 1.20 bits per heavy atom. The normalized spacial score (nSPS) is 14.9. The number of ether oxygens (including phenoxy) is 2. The van der Waals surface area contributed by atoms with Crippen molar-refractivity contribution < 1.29 is 19.1 Å². The standard InChI is InChI=1S/C23H27N7O4S/c1-2-30-22(32)19(25-23(30)35)11-16-12-28(20-6-4-3-5-18(16)20)13-17-14-29(27-26-17)7-8-33-9-10-34-15-21(24)31/h3-6,11-12,14H,2,7-10,13,15H2,1H3,(H2,24,31)(H,25,35). The van der Waals surface area contributed by atoms with E-state index in [1.807, 2.05) is 49.7 Å². The van der Waals surface area contributed by atoms with Crippen LogP contribution >= 0.6 is 12.2 Å². The molecule has 184 valence electrons. The molecule has 0 bridgehead atoms. The van der Waals surface area contributed by atoms with Crippen molar-refractivity contribution in [3.8, 4) is 0 Å². The fourth-order valence-corrected chi connectivity index (χ4v) is 4.10. The first-order valence-corrected chi connectivity index (χ1v) is 11.6. The summed E-state index contributed by atoms with van der Waals surface area (Å²) in [6.45, 7) is 4.45. The molecule has 0 radical (unpaired) electrons. The molecule has 1 fully saturated rings. The number of carbonyl (C=O) groups is 2. The molecule has 3 N–H and O–H groups in total. The molecule has 3 heterocycles. The highest BCUT2D eigenvalue weighted by molar-refractivity contribution is 7.80. The highest BCUT2D eigenvalue weighted by Crippen LogP contribution is 2.25. The number of primary amides is 1. The molecule has 0 spiro atoms. The van der Waals surface area contributed by atoms with Gasteiger partial charge in [-0.15, -0.1) is 5.10 Å². The van der Waals surface area contributed by atoms with Crippen molar-refractivity contribution in [3.05, 3.63) is 53.6 Å². The van der Waals surface area contributed by atoms with E-state index in [-0.39, 0.29) is 12.5 Å². The van der Waals surface area contributed by atoms with Gasteiger partial charge in [0.05, 0.1) is 39.1 Å². The zero-order chi connectivity index (χ0) is 24.8. The number of benzene rings is 1. The molecule has 35 heavy (non-hydrogen) atoms. The minimum atomic E-state index is -0.504. The zero-order valence-corrected chi connectivity index (χ0v) is 20.2. The maximum Gasteiger partial charge on any atom is 0.276 e. The Labute approximate surface area is 207 Å². The number of amides is 2. The van der Waals surface area contributed by atoms with E-state index in [2.05, 4.69) is 20.2 Å². The number of fused-ring (bicyclic) bond motifs is 1. The smallest absolute Gasteiger partial charge is 0.276 e. The van der Waals surface area contributed by atoms with Crippen LogP contribution in [0.5, 0.6) is 0 Å². The lowest BCUT2D eigenvalue weighted by Crippen LogP contribution is -2.30. The molecule has 1 aromatic carbocycles. The number of hydrogen-bond acceptors (Lipinski definition) is 7. The number of hydrogen-bond donors (Lipinski definition) is 2. The molecule has 2 aromatic heterocycles. The van der Waals surface area contributed by atoms with Crippen LogP contribution in [0.4, 0.5) is 0 Å². The number of carbonyl (C=O) groups excluding carboxylic acids is 2. The first-order chi connectivity index (χ1) is 17.0. The number of aromatic nitrogens is 4. The number of nitrogens with two attached hydrogens (primary N) is 1. The van der Waals surface area contributed by atoms with E-state index in [1.165, 1.54) is 4.90 Å². The summed E-state index contributed by atoms with van der Waals surface area (Å²) in [4.78, 5) is 24.8. The second-order valence-electron chi connectivity index (χ2n) is 7.87. The predicted octanol–water partition coefficient (Wildman–Crippen LogP) is 0.877. The van der Waals surface area contributed by atoms with Crippen molar-refractivity contribution in [1.82, 2.24) is 29.8 Å². The first kappa shape index (κ1) is 24.5. The quantitative estimate of drug-likeness (QED) is 0.214. The van der Waals surface area contributed by atoms with Crippen molar-refractivity contribution in [3.63, 3.8) is 0 Å². The van der Waals surface area contributed by atoms with Crippen molar-refractivity contribution in [2.75, 3.05) is 33.0 Å². The molecule has 1 aliphatic rings. The Morgan fingerprint density at radius 2 is 2.00 bits per heavy atom. The van der Waals surface area contributed by atoms with Crippen molar-refractivity contribution >= 4 is 46.1 Å². The molecule has 2 amide bonds. The largest absolute Gasteiger partial charge is 0.377 e. The molecule has 12 heteroatoms. The Hall–Kier alpha value is -3.61. The average Bonchev–Trinajstić information content (AvgIpc) is 3.50. The van der Waals surface area contributed by atoms with Gasteiger partial charge in [-0.25, -0.2) is 4.68 Å². The Bertz CT molecular complexity index is 1270. The van der Waals surface area contributed by atoms with Gasteiger partial charge in [0.1, 0.15) is 18.0 Å². The van der Waals surface area contributed by atoms with Crippen LogP contribution in [0.3, 0.4) is 0 Å². The van der Waals surface area contributed by atoms with Gasteiger partial charge in [-0.3, -0.25) is 14.5 Å². The van der Waals surface area contributed by atoms with Crippen LogP contribution in [0.25, 0.3) is 17.0 Å². The van der Waals surface area contributed by atoms with Crippen LogP contribution in [0.15, 0.2) is 42.4 Å². The maximum absolute atomic E-state index is 12.6. The predicted molar refractivity (Wildman–Crippen MR) is 133 cm³/mol. The molecule has 0 unspecified atom stereocenters. The monoisotopic (exact) mass is 497 g/mol. The van der Waals surface area contributed by atoms with Gasteiger partial charge in [0.25, 0.3) is 5.91 Å². The number of thiocarbonyl (C=S) groups is 1. The second kappa shape index (κ2) is 11.2. The van der Waals surface area contributed by atoms with Crippen LogP contribution in [0, 0.1) is 0 Å². The highest BCUT2D eigenvalue weighted by atomic mass is 32.1. The van der Waals surface area contributed by atoms with E-state index in [4.69, 9.17) is 27.4 Å². The number of nitrogens with zero attached hydrogens (tertiary/aromatic N) is 5. The van der Waals surface area contributed by atoms with Gasteiger partial charge >= 0.3 is 0 Å². The summed E-state index contributed by atoms with van der Waals surface area (Å²) in [6.07, 6.45) is 5.71. The molecule has 1 saturated heterocycles. The Balaban J connectivity index is 1.41. The summed E-state index contributed by atoms with van der Waals surface area (Å²) in [5.41, 5.74) is 8.20. The molecular weight excluding hydrogens is 470 g/mol. The van der Waals surface area contributed by atoms with Gasteiger partial charge in [0.15, 0.2) is 5.11 Å². The average molecular weight is 498 g/mol. The maximum atomic E-state index is 12.6. The lowest BCUT2D eigenvalue weighted by molar-refractivity contribution is -0.123. The van der Waals surface area contributed by atoms with Gasteiger partial charge in [-0.1, -0.05) is 23.4 Å². The molecule has 0 atom stereocenters. The molecule has 0 saturated carbocycles. The van der Waals surface area contributed by atoms with Gasteiger partial charge in [0, 0.05) is 29.2 Å². The fourth-order valence-electron chi connectivity index (χ4n) is 3.78. The number of nitrogens with one attached hydrogen (secondary N) is 1. The van der Waals surface area contributed by atoms with Gasteiger partial charge in [-0.05, 0) is 31.3 Å². The minimum Gasteiger partial charge on any atom is -0.377 e. The van der Waals surface area contributed by atoms with Crippen molar-refractivity contribution in [2.24, 2.45) is 5.73 Å². The Kier molecular flexibility index (Phi) is 7.85. The first-order valence-electron chi connectivity index (χ1n) is 11.2. The molecular formula is C23H27N7O4S. The molecule has 4 rings (SSSR count). The van der Waals surface area contributed by atoms with E-state index in [0.29, 0.717) is 50.3 Å². The van der Waals surface area contributed by atoms with Crippen LogP contribution < -0.4 is 11.1 Å². The van der Waals surface area contributed by atoms with Gasteiger partial charge in [0.2, 0.25) is 5.91 Å². The highest BCUT2D eigenvalue weighted by Gasteiger charge is 2.29. The molecule has 3 aromatic rings. The number of para-hydroxylation sites is 1. The third kappa shape index (κ3) is 5.91. The summed E-state index contributed by atoms with van der Waals surface area (Å²) >= 11 is 5.26. The topological polar surface area (TPSA) is 130 Å². The van der Waals surface area contributed by atoms with Crippen molar-refractivity contribution in [1.29, 1.82) is 0 Å². The molecule has 1 aliphatic heterocycles. The number of rotatable bonds is 12. The van der Waals surface area contributed by atoms with E-state index in [9.17, 15) is 9.59 Å². The Morgan fingerprint density at radius 3 is 2.77 bits per heavy atom. The van der Waals surface area contributed by atoms with E-state index >= 15 is 0 Å².